The molecule has 3 atom stereocenters. The maximum absolute atomic E-state index is 13.1. The Morgan fingerprint density at radius 2 is 1.85 bits per heavy atom. The fraction of sp³-hybridized carbons (Fsp3) is 0.938. The maximum Gasteiger partial charge on any atom is 0.430 e. The zero-order chi connectivity index (χ0) is 20.9. The average molecular weight is 418 g/mol. The predicted octanol–water partition coefficient (Wildman–Crippen LogP) is 1.85. The Labute approximate surface area is 157 Å². The summed E-state index contributed by atoms with van der Waals surface area (Å²) in [6.45, 7) is 3.07. The number of aliphatic hydroxyl groups is 2. The number of carbonyl (C=O) groups is 1. The van der Waals surface area contributed by atoms with Crippen LogP contribution in [0.4, 0.5) is 8.78 Å². The fourth-order valence-corrected chi connectivity index (χ4v) is 3.50. The second-order valence-corrected chi connectivity index (χ2v) is 8.47. The molecule has 0 heterocycles. The van der Waals surface area contributed by atoms with Crippen molar-refractivity contribution in [2.75, 3.05) is 6.61 Å². The van der Waals surface area contributed by atoms with E-state index in [1.54, 1.807) is 0 Å². The fourth-order valence-electron chi connectivity index (χ4n) is 3.19. The van der Waals surface area contributed by atoms with Gasteiger partial charge in [0.05, 0.1) is 11.7 Å². The van der Waals surface area contributed by atoms with Crippen LogP contribution in [0.1, 0.15) is 58.8 Å². The second kappa shape index (κ2) is 9.55. The van der Waals surface area contributed by atoms with Crippen molar-refractivity contribution in [3.05, 3.63) is 0 Å². The highest BCUT2D eigenvalue weighted by atomic mass is 32.2. The molecule has 0 aromatic rings. The summed E-state index contributed by atoms with van der Waals surface area (Å²) in [5, 5.41) is 14.4. The van der Waals surface area contributed by atoms with E-state index in [4.69, 9.17) is 14.4 Å². The molecule has 11 heteroatoms. The number of halogens is 2. The standard InChI is InChI=1S/C16H28F2O8S/c1-3-15(21,4-2)9-11-6-5-7-12(8-11)25-10-13(19)26-14(20)16(17,18)27(22,23)24/h11-12,14,20-21H,3-10H2,1-2H3,(H,22,23,24). The van der Waals surface area contributed by atoms with E-state index in [9.17, 15) is 27.1 Å². The van der Waals surface area contributed by atoms with E-state index in [1.165, 1.54) is 0 Å². The Morgan fingerprint density at radius 1 is 1.26 bits per heavy atom. The second-order valence-electron chi connectivity index (χ2n) is 6.98. The topological polar surface area (TPSA) is 130 Å². The van der Waals surface area contributed by atoms with Crippen LogP contribution in [0.2, 0.25) is 0 Å². The lowest BCUT2D eigenvalue weighted by Crippen LogP contribution is -2.44. The lowest BCUT2D eigenvalue weighted by Gasteiger charge is -2.35. The van der Waals surface area contributed by atoms with Gasteiger partial charge in [-0.25, -0.2) is 4.79 Å². The molecular formula is C16H28F2O8S. The number of esters is 1. The number of rotatable bonds is 10. The van der Waals surface area contributed by atoms with Crippen molar-refractivity contribution in [3.8, 4) is 0 Å². The molecule has 0 amide bonds. The van der Waals surface area contributed by atoms with Crippen molar-refractivity contribution in [3.63, 3.8) is 0 Å². The Hall–Kier alpha value is -0.880. The van der Waals surface area contributed by atoms with Gasteiger partial charge in [-0.2, -0.15) is 17.2 Å². The maximum atomic E-state index is 13.1. The van der Waals surface area contributed by atoms with Crippen LogP contribution in [0.3, 0.4) is 0 Å². The van der Waals surface area contributed by atoms with Gasteiger partial charge in [-0.15, -0.1) is 0 Å². The summed E-state index contributed by atoms with van der Waals surface area (Å²) < 4.78 is 64.8. The average Bonchev–Trinajstić information content (AvgIpc) is 2.59. The van der Waals surface area contributed by atoms with E-state index in [0.717, 1.165) is 12.8 Å². The Morgan fingerprint density at radius 3 is 2.37 bits per heavy atom. The Bertz CT molecular complexity index is 591. The SMILES string of the molecule is CCC(O)(CC)CC1CCCC(OCC(=O)OC(O)C(F)(F)S(=O)(=O)O)C1. The van der Waals surface area contributed by atoms with E-state index in [-0.39, 0.29) is 12.0 Å². The molecule has 0 aromatic heterocycles. The first-order chi connectivity index (χ1) is 12.3. The molecule has 0 spiro atoms. The molecule has 8 nitrogen and oxygen atoms in total. The third-order valence-electron chi connectivity index (χ3n) is 5.03. The molecule has 3 N–H and O–H groups in total. The van der Waals surface area contributed by atoms with Crippen LogP contribution in [0.15, 0.2) is 0 Å². The van der Waals surface area contributed by atoms with Crippen LogP contribution < -0.4 is 0 Å². The molecule has 160 valence electrons. The van der Waals surface area contributed by atoms with E-state index < -0.39 is 39.8 Å². The van der Waals surface area contributed by atoms with Gasteiger partial charge in [-0.05, 0) is 38.0 Å². The summed E-state index contributed by atoms with van der Waals surface area (Å²) in [7, 11) is -5.94. The first kappa shape index (κ1) is 24.2. The number of hydrogen-bond donors (Lipinski definition) is 3. The van der Waals surface area contributed by atoms with Crippen molar-refractivity contribution >= 4 is 16.1 Å². The van der Waals surface area contributed by atoms with E-state index in [2.05, 4.69) is 4.74 Å². The molecule has 27 heavy (non-hydrogen) atoms. The molecule has 1 rings (SSSR count). The van der Waals surface area contributed by atoms with Gasteiger partial charge in [-0.1, -0.05) is 26.7 Å². The smallest absolute Gasteiger partial charge is 0.426 e. The summed E-state index contributed by atoms with van der Waals surface area (Å²) in [4.78, 5) is 11.5. The lowest BCUT2D eigenvalue weighted by atomic mass is 9.78. The third kappa shape index (κ3) is 6.90. The number of ether oxygens (including phenoxy) is 2. The summed E-state index contributed by atoms with van der Waals surface area (Å²) >= 11 is 0. The van der Waals surface area contributed by atoms with E-state index in [1.807, 2.05) is 13.8 Å². The summed E-state index contributed by atoms with van der Waals surface area (Å²) in [5.41, 5.74) is -0.753. The monoisotopic (exact) mass is 418 g/mol. The molecule has 1 fully saturated rings. The third-order valence-corrected chi connectivity index (χ3v) is 5.92. The highest BCUT2D eigenvalue weighted by Gasteiger charge is 2.54. The quantitative estimate of drug-likeness (QED) is 0.278. The van der Waals surface area contributed by atoms with Crippen LogP contribution in [-0.2, 0) is 24.4 Å². The van der Waals surface area contributed by atoms with Gasteiger partial charge < -0.3 is 19.7 Å². The van der Waals surface area contributed by atoms with Crippen LogP contribution in [-0.4, -0.2) is 59.0 Å². The normalized spacial score (nSPS) is 23.1. The minimum atomic E-state index is -5.94. The molecule has 1 aliphatic rings. The van der Waals surface area contributed by atoms with Gasteiger partial charge >= 0.3 is 21.3 Å². The summed E-state index contributed by atoms with van der Waals surface area (Å²) in [6, 6.07) is 0. The van der Waals surface area contributed by atoms with Gasteiger partial charge in [0.2, 0.25) is 0 Å². The van der Waals surface area contributed by atoms with Gasteiger partial charge in [0.1, 0.15) is 6.61 Å². The van der Waals surface area contributed by atoms with Crippen molar-refractivity contribution in [2.45, 2.75) is 82.0 Å². The number of carbonyl (C=O) groups excluding carboxylic acids is 1. The molecule has 3 unspecified atom stereocenters. The van der Waals surface area contributed by atoms with Crippen molar-refractivity contribution in [1.29, 1.82) is 0 Å². The van der Waals surface area contributed by atoms with Crippen LogP contribution >= 0.6 is 0 Å². The van der Waals surface area contributed by atoms with Crippen molar-refractivity contribution < 1.29 is 46.2 Å². The molecule has 1 aliphatic carbocycles. The van der Waals surface area contributed by atoms with Gasteiger partial charge in [-0.3, -0.25) is 4.55 Å². The largest absolute Gasteiger partial charge is 0.430 e. The minimum absolute atomic E-state index is 0.194. The van der Waals surface area contributed by atoms with E-state index in [0.29, 0.717) is 32.1 Å². The van der Waals surface area contributed by atoms with Crippen molar-refractivity contribution in [1.82, 2.24) is 0 Å². The van der Waals surface area contributed by atoms with Gasteiger partial charge in [0.25, 0.3) is 6.29 Å². The zero-order valence-corrected chi connectivity index (χ0v) is 16.3. The minimum Gasteiger partial charge on any atom is -0.426 e. The lowest BCUT2D eigenvalue weighted by molar-refractivity contribution is -0.210. The molecule has 0 aliphatic heterocycles. The van der Waals surface area contributed by atoms with Crippen LogP contribution in [0.25, 0.3) is 0 Å². The van der Waals surface area contributed by atoms with Crippen LogP contribution in [0.5, 0.6) is 0 Å². The first-order valence-corrected chi connectivity index (χ1v) is 10.3. The summed E-state index contributed by atoms with van der Waals surface area (Å²) in [5.74, 6) is -1.19. The Kier molecular flexibility index (Phi) is 8.54. The molecule has 0 saturated heterocycles. The number of aliphatic hydroxyl groups excluding tert-OH is 1. The summed E-state index contributed by atoms with van der Waals surface area (Å²) in [6.07, 6.45) is 1.12. The van der Waals surface area contributed by atoms with Crippen LogP contribution in [0, 0.1) is 5.92 Å². The highest BCUT2D eigenvalue weighted by Crippen LogP contribution is 2.34. The molecular weight excluding hydrogens is 390 g/mol. The molecule has 0 radical (unpaired) electrons. The van der Waals surface area contributed by atoms with E-state index >= 15 is 0 Å². The van der Waals surface area contributed by atoms with Gasteiger partial charge in [0, 0.05) is 0 Å². The predicted molar refractivity (Wildman–Crippen MR) is 90.4 cm³/mol. The van der Waals surface area contributed by atoms with Crippen molar-refractivity contribution in [2.24, 2.45) is 5.92 Å². The molecule has 0 aromatic carbocycles. The number of alkyl halides is 2. The molecule has 1 saturated carbocycles. The first-order valence-electron chi connectivity index (χ1n) is 8.91. The Balaban J connectivity index is 2.50. The number of hydrogen-bond acceptors (Lipinski definition) is 7. The molecule has 0 bridgehead atoms. The zero-order valence-electron chi connectivity index (χ0n) is 15.4. The van der Waals surface area contributed by atoms with Gasteiger partial charge in [0.15, 0.2) is 0 Å². The highest BCUT2D eigenvalue weighted by molar-refractivity contribution is 7.86.